The zero-order valence-corrected chi connectivity index (χ0v) is 10.7. The zero-order valence-electron chi connectivity index (χ0n) is 10.7. The van der Waals surface area contributed by atoms with Crippen molar-refractivity contribution in [3.63, 3.8) is 0 Å². The molecule has 0 aliphatic carbocycles. The van der Waals surface area contributed by atoms with Crippen LogP contribution in [0.1, 0.15) is 23.0 Å². The number of carbonyl (C=O) groups is 1. The molecule has 2 heterocycles. The van der Waals surface area contributed by atoms with E-state index in [-0.39, 0.29) is 5.52 Å². The third-order valence-corrected chi connectivity index (χ3v) is 3.48. The summed E-state index contributed by atoms with van der Waals surface area (Å²) in [4.78, 5) is 15.9. The van der Waals surface area contributed by atoms with Gasteiger partial charge in [0.1, 0.15) is 0 Å². The molecule has 1 aliphatic heterocycles. The lowest BCUT2D eigenvalue weighted by molar-refractivity contribution is -0.0943. The van der Waals surface area contributed by atoms with Gasteiger partial charge in [0.2, 0.25) is 0 Å². The number of rotatable bonds is 0. The molecule has 1 aromatic carbocycles. The van der Waals surface area contributed by atoms with E-state index in [0.29, 0.717) is 29.8 Å². The Hall–Kier alpha value is -2.11. The van der Waals surface area contributed by atoms with Crippen LogP contribution in [0.5, 0.6) is 0 Å². The highest BCUT2D eigenvalue weighted by molar-refractivity contribution is 6.10. The van der Waals surface area contributed by atoms with Crippen molar-refractivity contribution < 1.29 is 18.0 Å². The van der Waals surface area contributed by atoms with Crippen LogP contribution in [0.15, 0.2) is 29.3 Å². The number of alkyl halides is 3. The molecule has 0 N–H and O–H groups in total. The fourth-order valence-electron chi connectivity index (χ4n) is 2.69. The summed E-state index contributed by atoms with van der Waals surface area (Å²) in [5.74, 6) is -1.87. The van der Waals surface area contributed by atoms with Crippen molar-refractivity contribution in [2.75, 3.05) is 6.54 Å². The van der Waals surface area contributed by atoms with Crippen LogP contribution >= 0.6 is 0 Å². The van der Waals surface area contributed by atoms with Crippen molar-refractivity contribution in [3.8, 4) is 0 Å². The van der Waals surface area contributed by atoms with E-state index in [2.05, 4.69) is 4.99 Å². The SMILES string of the molecule is CC1=NCCc2c1n(C(=O)C(F)(F)F)c1ccccc21. The molecule has 0 fully saturated rings. The molecule has 0 spiro atoms. The van der Waals surface area contributed by atoms with Crippen LogP contribution in [0.2, 0.25) is 0 Å². The van der Waals surface area contributed by atoms with Crippen LogP contribution in [-0.2, 0) is 6.42 Å². The predicted octanol–water partition coefficient (Wildman–Crippen LogP) is 3.21. The number of carbonyl (C=O) groups excluding carboxylic acids is 1. The number of aromatic nitrogens is 1. The largest absolute Gasteiger partial charge is 0.472 e. The minimum atomic E-state index is -4.91. The van der Waals surface area contributed by atoms with Gasteiger partial charge in [0.05, 0.1) is 16.9 Å². The summed E-state index contributed by atoms with van der Waals surface area (Å²) in [5.41, 5.74) is 1.82. The third-order valence-electron chi connectivity index (χ3n) is 3.48. The van der Waals surface area contributed by atoms with E-state index in [4.69, 9.17) is 0 Å². The molecule has 20 heavy (non-hydrogen) atoms. The monoisotopic (exact) mass is 280 g/mol. The van der Waals surface area contributed by atoms with Gasteiger partial charge >= 0.3 is 12.1 Å². The predicted molar refractivity (Wildman–Crippen MR) is 69.4 cm³/mol. The lowest BCUT2D eigenvalue weighted by Crippen LogP contribution is -2.31. The Balaban J connectivity index is 2.40. The number of para-hydroxylation sites is 1. The van der Waals surface area contributed by atoms with Crippen molar-refractivity contribution in [2.24, 2.45) is 4.99 Å². The summed E-state index contributed by atoms with van der Waals surface area (Å²) >= 11 is 0. The molecule has 1 aromatic heterocycles. The van der Waals surface area contributed by atoms with E-state index in [9.17, 15) is 18.0 Å². The summed E-state index contributed by atoms with van der Waals surface area (Å²) < 4.78 is 39.2. The van der Waals surface area contributed by atoms with Crippen LogP contribution in [0, 0.1) is 0 Å². The first-order valence-electron chi connectivity index (χ1n) is 6.16. The van der Waals surface area contributed by atoms with Gasteiger partial charge in [-0.1, -0.05) is 18.2 Å². The Morgan fingerprint density at radius 3 is 2.70 bits per heavy atom. The van der Waals surface area contributed by atoms with Gasteiger partial charge in [-0.05, 0) is 25.0 Å². The number of benzene rings is 1. The fraction of sp³-hybridized carbons (Fsp3) is 0.286. The molecule has 1 aliphatic rings. The van der Waals surface area contributed by atoms with E-state index in [1.807, 2.05) is 0 Å². The molecule has 0 saturated heterocycles. The van der Waals surface area contributed by atoms with E-state index in [1.54, 1.807) is 25.1 Å². The maximum atomic E-state index is 12.8. The molecular weight excluding hydrogens is 269 g/mol. The standard InChI is InChI=1S/C14H11F3N2O/c1-8-12-10(6-7-18-8)9-4-2-3-5-11(9)19(12)13(20)14(15,16)17/h2-5H,6-7H2,1H3. The molecule has 6 heteroatoms. The first-order chi connectivity index (χ1) is 9.41. The molecule has 3 rings (SSSR count). The second-order valence-corrected chi connectivity index (χ2v) is 4.70. The molecule has 0 amide bonds. The first kappa shape index (κ1) is 12.9. The van der Waals surface area contributed by atoms with Gasteiger partial charge in [-0.3, -0.25) is 14.4 Å². The number of fused-ring (bicyclic) bond motifs is 3. The van der Waals surface area contributed by atoms with Crippen molar-refractivity contribution in [2.45, 2.75) is 19.5 Å². The average molecular weight is 280 g/mol. The highest BCUT2D eigenvalue weighted by Crippen LogP contribution is 2.32. The van der Waals surface area contributed by atoms with Gasteiger partial charge in [0.25, 0.3) is 0 Å². The van der Waals surface area contributed by atoms with Gasteiger partial charge in [0.15, 0.2) is 0 Å². The molecular formula is C14H11F3N2O. The summed E-state index contributed by atoms with van der Waals surface area (Å²) in [6.07, 6.45) is -4.36. The molecule has 0 saturated carbocycles. The van der Waals surface area contributed by atoms with Gasteiger partial charge < -0.3 is 0 Å². The Bertz CT molecular complexity index is 741. The highest BCUT2D eigenvalue weighted by Gasteiger charge is 2.42. The van der Waals surface area contributed by atoms with Crippen molar-refractivity contribution in [3.05, 3.63) is 35.5 Å². The third kappa shape index (κ3) is 1.75. The van der Waals surface area contributed by atoms with E-state index in [0.717, 1.165) is 10.1 Å². The highest BCUT2D eigenvalue weighted by atomic mass is 19.4. The van der Waals surface area contributed by atoms with Gasteiger partial charge in [0, 0.05) is 11.9 Å². The minimum absolute atomic E-state index is 0.288. The Morgan fingerprint density at radius 2 is 2.00 bits per heavy atom. The Labute approximate surface area is 112 Å². The van der Waals surface area contributed by atoms with Crippen molar-refractivity contribution in [1.29, 1.82) is 0 Å². The quantitative estimate of drug-likeness (QED) is 0.729. The molecule has 0 bridgehead atoms. The maximum absolute atomic E-state index is 12.8. The lowest BCUT2D eigenvalue weighted by atomic mass is 10.0. The second kappa shape index (κ2) is 4.19. The van der Waals surface area contributed by atoms with Gasteiger partial charge in [-0.15, -0.1) is 0 Å². The Kier molecular flexibility index (Phi) is 2.70. The van der Waals surface area contributed by atoms with E-state index >= 15 is 0 Å². The molecule has 0 unspecified atom stereocenters. The Morgan fingerprint density at radius 1 is 1.30 bits per heavy atom. The van der Waals surface area contributed by atoms with Crippen LogP contribution in [-0.4, -0.2) is 28.9 Å². The number of aliphatic imine (C=N–C) groups is 1. The van der Waals surface area contributed by atoms with Crippen molar-refractivity contribution >= 4 is 22.5 Å². The van der Waals surface area contributed by atoms with Crippen LogP contribution in [0.4, 0.5) is 13.2 Å². The number of hydrogen-bond donors (Lipinski definition) is 0. The zero-order chi connectivity index (χ0) is 14.5. The summed E-state index contributed by atoms with van der Waals surface area (Å²) in [6.45, 7) is 2.17. The molecule has 3 nitrogen and oxygen atoms in total. The molecule has 0 atom stereocenters. The maximum Gasteiger partial charge on any atom is 0.472 e. The normalized spacial score (nSPS) is 15.1. The molecule has 2 aromatic rings. The minimum Gasteiger partial charge on any atom is -0.288 e. The average Bonchev–Trinajstić information content (AvgIpc) is 2.73. The summed E-state index contributed by atoms with van der Waals surface area (Å²) in [6, 6.07) is 6.66. The van der Waals surface area contributed by atoms with Gasteiger partial charge in [-0.25, -0.2) is 0 Å². The number of nitrogens with zero attached hydrogens (tertiary/aromatic N) is 2. The first-order valence-corrected chi connectivity index (χ1v) is 6.16. The topological polar surface area (TPSA) is 34.4 Å². The number of hydrogen-bond acceptors (Lipinski definition) is 2. The number of halogens is 3. The van der Waals surface area contributed by atoms with Crippen LogP contribution in [0.25, 0.3) is 10.9 Å². The molecule has 104 valence electrons. The van der Waals surface area contributed by atoms with E-state index in [1.165, 1.54) is 6.07 Å². The molecule has 0 radical (unpaired) electrons. The lowest BCUT2D eigenvalue weighted by Gasteiger charge is -2.15. The second-order valence-electron chi connectivity index (χ2n) is 4.70. The van der Waals surface area contributed by atoms with Crippen LogP contribution in [0.3, 0.4) is 0 Å². The van der Waals surface area contributed by atoms with Crippen molar-refractivity contribution in [1.82, 2.24) is 4.57 Å². The fourth-order valence-corrected chi connectivity index (χ4v) is 2.69. The summed E-state index contributed by atoms with van der Waals surface area (Å²) in [5, 5.41) is 0.689. The van der Waals surface area contributed by atoms with Crippen LogP contribution < -0.4 is 0 Å². The van der Waals surface area contributed by atoms with Gasteiger partial charge in [-0.2, -0.15) is 13.2 Å². The van der Waals surface area contributed by atoms with E-state index < -0.39 is 12.1 Å². The summed E-state index contributed by atoms with van der Waals surface area (Å²) in [7, 11) is 0. The smallest absolute Gasteiger partial charge is 0.288 e.